The molecule has 6 nitrogen and oxygen atoms in total. The number of hydrogen-bond donors (Lipinski definition) is 0. The summed E-state index contributed by atoms with van der Waals surface area (Å²) in [6.45, 7) is 1.68. The normalized spacial score (nSPS) is 10.4. The molecule has 16 heavy (non-hydrogen) atoms. The molecule has 6 heteroatoms. The molecule has 0 fully saturated rings. The zero-order chi connectivity index (χ0) is 12.1. The van der Waals surface area contributed by atoms with Gasteiger partial charge in [0.2, 0.25) is 0 Å². The van der Waals surface area contributed by atoms with Crippen LogP contribution in [0, 0.1) is 17.0 Å². The Bertz CT molecular complexity index is 454. The molecule has 0 radical (unpaired) electrons. The van der Waals surface area contributed by atoms with Crippen molar-refractivity contribution in [2.24, 2.45) is 0 Å². The Balaban J connectivity index is 2.95. The fourth-order valence-electron chi connectivity index (χ4n) is 1.06. The molecule has 0 saturated heterocycles. The molecule has 0 spiro atoms. The maximum atomic E-state index is 10.8. The number of esters is 1. The van der Waals surface area contributed by atoms with Crippen molar-refractivity contribution in [2.45, 2.75) is 6.92 Å². The first-order valence-electron chi connectivity index (χ1n) is 4.41. The number of rotatable bonds is 3. The van der Waals surface area contributed by atoms with Gasteiger partial charge in [0.05, 0.1) is 17.7 Å². The molecule has 0 saturated carbocycles. The molecule has 0 aliphatic rings. The van der Waals surface area contributed by atoms with E-state index in [1.54, 1.807) is 6.92 Å². The Morgan fingerprint density at radius 1 is 1.62 bits per heavy atom. The third-order valence-corrected chi connectivity index (χ3v) is 1.89. The van der Waals surface area contributed by atoms with Crippen LogP contribution in [0.3, 0.4) is 0 Å². The number of carbonyl (C=O) groups is 1. The number of methoxy groups -OCH3 is 1. The van der Waals surface area contributed by atoms with Crippen molar-refractivity contribution in [1.29, 1.82) is 0 Å². The highest BCUT2D eigenvalue weighted by molar-refractivity contribution is 5.86. The molecule has 1 rings (SSSR count). The Hall–Kier alpha value is -2.24. The van der Waals surface area contributed by atoms with Crippen LogP contribution >= 0.6 is 0 Å². The Kier molecular flexibility index (Phi) is 3.71. The first kappa shape index (κ1) is 11.8. The van der Waals surface area contributed by atoms with Gasteiger partial charge in [-0.15, -0.1) is 0 Å². The summed E-state index contributed by atoms with van der Waals surface area (Å²) in [6, 6.07) is 1.39. The third-order valence-electron chi connectivity index (χ3n) is 1.89. The van der Waals surface area contributed by atoms with Gasteiger partial charge in [-0.1, -0.05) is 0 Å². The zero-order valence-electron chi connectivity index (χ0n) is 8.84. The molecule has 1 heterocycles. The zero-order valence-corrected chi connectivity index (χ0v) is 8.84. The quantitative estimate of drug-likeness (QED) is 0.335. The van der Waals surface area contributed by atoms with Crippen molar-refractivity contribution in [3.05, 3.63) is 39.7 Å². The summed E-state index contributed by atoms with van der Waals surface area (Å²) < 4.78 is 4.41. The second-order valence-electron chi connectivity index (χ2n) is 3.01. The Labute approximate surface area is 91.7 Å². The average Bonchev–Trinajstić information content (AvgIpc) is 2.26. The summed E-state index contributed by atoms with van der Waals surface area (Å²) in [7, 11) is 1.27. The predicted molar refractivity (Wildman–Crippen MR) is 56.7 cm³/mol. The van der Waals surface area contributed by atoms with Crippen LogP contribution < -0.4 is 0 Å². The molecule has 0 bridgehead atoms. The highest BCUT2D eigenvalue weighted by Crippen LogP contribution is 2.15. The van der Waals surface area contributed by atoms with Gasteiger partial charge in [0.25, 0.3) is 5.69 Å². The van der Waals surface area contributed by atoms with Crippen LogP contribution in [0.4, 0.5) is 5.69 Å². The lowest BCUT2D eigenvalue weighted by molar-refractivity contribution is -0.385. The molecule has 0 aliphatic heterocycles. The first-order valence-corrected chi connectivity index (χ1v) is 4.41. The van der Waals surface area contributed by atoms with E-state index in [4.69, 9.17) is 0 Å². The Morgan fingerprint density at radius 3 is 2.81 bits per heavy atom. The highest BCUT2D eigenvalue weighted by atomic mass is 16.6. The van der Waals surface area contributed by atoms with Crippen LogP contribution in [0.2, 0.25) is 0 Å². The predicted octanol–water partition coefficient (Wildman–Crippen LogP) is 1.48. The fourth-order valence-corrected chi connectivity index (χ4v) is 1.06. The van der Waals surface area contributed by atoms with Crippen LogP contribution in [-0.2, 0) is 9.53 Å². The second-order valence-corrected chi connectivity index (χ2v) is 3.01. The van der Waals surface area contributed by atoms with E-state index in [9.17, 15) is 14.9 Å². The molecular weight excluding hydrogens is 212 g/mol. The molecule has 0 aliphatic carbocycles. The summed E-state index contributed by atoms with van der Waals surface area (Å²) in [5.41, 5.74) is 1.04. The van der Waals surface area contributed by atoms with Crippen LogP contribution in [0.25, 0.3) is 6.08 Å². The van der Waals surface area contributed by atoms with Crippen LogP contribution in [-0.4, -0.2) is 23.0 Å². The minimum absolute atomic E-state index is 0.0762. The summed E-state index contributed by atoms with van der Waals surface area (Å²) in [4.78, 5) is 24.6. The topological polar surface area (TPSA) is 82.3 Å². The molecule has 84 valence electrons. The second kappa shape index (κ2) is 5.01. The smallest absolute Gasteiger partial charge is 0.330 e. The minimum atomic E-state index is -0.520. The van der Waals surface area contributed by atoms with E-state index in [1.165, 1.54) is 25.3 Å². The van der Waals surface area contributed by atoms with E-state index in [0.717, 1.165) is 6.20 Å². The van der Waals surface area contributed by atoms with Crippen molar-refractivity contribution in [1.82, 2.24) is 4.98 Å². The van der Waals surface area contributed by atoms with Crippen molar-refractivity contribution >= 4 is 17.7 Å². The maximum absolute atomic E-state index is 10.8. The van der Waals surface area contributed by atoms with Gasteiger partial charge >= 0.3 is 5.97 Å². The van der Waals surface area contributed by atoms with Gasteiger partial charge in [-0.25, -0.2) is 9.78 Å². The van der Waals surface area contributed by atoms with Crippen molar-refractivity contribution in [2.75, 3.05) is 7.11 Å². The van der Waals surface area contributed by atoms with Gasteiger partial charge in [0.1, 0.15) is 6.20 Å². The summed E-state index contributed by atoms with van der Waals surface area (Å²) in [5, 5.41) is 10.5. The molecule has 0 atom stereocenters. The number of hydrogen-bond acceptors (Lipinski definition) is 5. The summed E-state index contributed by atoms with van der Waals surface area (Å²) in [5.74, 6) is -0.500. The monoisotopic (exact) mass is 222 g/mol. The molecule has 0 amide bonds. The van der Waals surface area contributed by atoms with Gasteiger partial charge in [0, 0.05) is 12.1 Å². The standard InChI is InChI=1S/C10H10N2O4/c1-7-5-8(12(14)15)6-11-9(7)3-4-10(13)16-2/h3-6H,1-2H3. The van der Waals surface area contributed by atoms with Crippen LogP contribution in [0.5, 0.6) is 0 Å². The minimum Gasteiger partial charge on any atom is -0.466 e. The highest BCUT2D eigenvalue weighted by Gasteiger charge is 2.07. The lowest BCUT2D eigenvalue weighted by Gasteiger charge is -1.98. The number of aryl methyl sites for hydroxylation is 1. The first-order chi connectivity index (χ1) is 7.54. The molecular formula is C10H10N2O4. The Morgan fingerprint density at radius 2 is 2.31 bits per heavy atom. The lowest BCUT2D eigenvalue weighted by atomic mass is 10.2. The molecule has 1 aromatic heterocycles. The van der Waals surface area contributed by atoms with E-state index in [-0.39, 0.29) is 5.69 Å². The lowest BCUT2D eigenvalue weighted by Crippen LogP contribution is -1.96. The molecule has 0 unspecified atom stereocenters. The average molecular weight is 222 g/mol. The summed E-state index contributed by atoms with van der Waals surface area (Å²) in [6.07, 6.45) is 3.80. The van der Waals surface area contributed by atoms with Gasteiger partial charge in [-0.2, -0.15) is 0 Å². The number of nitrogens with zero attached hydrogens (tertiary/aromatic N) is 2. The SMILES string of the molecule is COC(=O)C=Cc1ncc([N+](=O)[O-])cc1C. The van der Waals surface area contributed by atoms with E-state index in [1.807, 2.05) is 0 Å². The number of nitro groups is 1. The molecule has 0 N–H and O–H groups in total. The van der Waals surface area contributed by atoms with E-state index < -0.39 is 10.9 Å². The van der Waals surface area contributed by atoms with Crippen molar-refractivity contribution in [3.63, 3.8) is 0 Å². The van der Waals surface area contributed by atoms with Gasteiger partial charge in [0.15, 0.2) is 0 Å². The molecule has 0 aromatic carbocycles. The summed E-state index contributed by atoms with van der Waals surface area (Å²) >= 11 is 0. The van der Waals surface area contributed by atoms with E-state index in [2.05, 4.69) is 9.72 Å². The van der Waals surface area contributed by atoms with Gasteiger partial charge in [-0.05, 0) is 18.6 Å². The number of carbonyl (C=O) groups excluding carboxylic acids is 1. The number of ether oxygens (including phenoxy) is 1. The third kappa shape index (κ3) is 2.88. The molecule has 1 aromatic rings. The fraction of sp³-hybridized carbons (Fsp3) is 0.200. The maximum Gasteiger partial charge on any atom is 0.330 e. The van der Waals surface area contributed by atoms with Gasteiger partial charge in [-0.3, -0.25) is 10.1 Å². The van der Waals surface area contributed by atoms with Crippen molar-refractivity contribution < 1.29 is 14.5 Å². The van der Waals surface area contributed by atoms with E-state index >= 15 is 0 Å². The van der Waals surface area contributed by atoms with E-state index in [0.29, 0.717) is 11.3 Å². The largest absolute Gasteiger partial charge is 0.466 e. The van der Waals surface area contributed by atoms with Gasteiger partial charge < -0.3 is 4.74 Å². The number of aromatic nitrogens is 1. The van der Waals surface area contributed by atoms with Crippen LogP contribution in [0.15, 0.2) is 18.3 Å². The van der Waals surface area contributed by atoms with Crippen LogP contribution in [0.1, 0.15) is 11.3 Å². The van der Waals surface area contributed by atoms with Crippen molar-refractivity contribution in [3.8, 4) is 0 Å². The number of pyridine rings is 1.